The van der Waals surface area contributed by atoms with Gasteiger partial charge in [0, 0.05) is 5.56 Å². The molecule has 3 nitrogen and oxygen atoms in total. The summed E-state index contributed by atoms with van der Waals surface area (Å²) in [6.07, 6.45) is 0. The van der Waals surface area contributed by atoms with Gasteiger partial charge in [-0.2, -0.15) is 0 Å². The average molecular weight is 324 g/mol. The molecule has 2 rings (SSSR count). The molecule has 0 unspecified atom stereocenters. The minimum atomic E-state index is -0.109. The Morgan fingerprint density at radius 1 is 1.14 bits per heavy atom. The number of hydrogen-bond donors (Lipinski definition) is 2. The van der Waals surface area contributed by atoms with Crippen molar-refractivity contribution < 1.29 is 10.1 Å². The minimum Gasteiger partial charge on any atom is -0.333 e. The number of amides is 1. The Labute approximate surface area is 134 Å². The van der Waals surface area contributed by atoms with Crippen LogP contribution < -0.4 is 10.6 Å². The molecule has 0 aromatic heterocycles. The Kier molecular flexibility index (Phi) is 5.62. The van der Waals surface area contributed by atoms with Crippen LogP contribution in [0.4, 0.5) is 5.69 Å². The standard InChI is InChI=1S/C16H16Cl2N2O/c1-11(12-6-3-2-4-7-12)19-10-15(21)20-14-9-5-8-13(17)16(14)18/h2-9,11,19H,10H2,1H3,(H,20,21)/p+1/t11-/m0/s1. The molecule has 2 aromatic carbocycles. The van der Waals surface area contributed by atoms with E-state index in [9.17, 15) is 4.79 Å². The van der Waals surface area contributed by atoms with Crippen molar-refractivity contribution in [2.75, 3.05) is 11.9 Å². The first-order valence-electron chi connectivity index (χ1n) is 6.70. The van der Waals surface area contributed by atoms with Gasteiger partial charge in [0.1, 0.15) is 6.04 Å². The third-order valence-corrected chi connectivity index (χ3v) is 4.03. The number of anilines is 1. The molecule has 0 spiro atoms. The Hall–Kier alpha value is -1.55. The van der Waals surface area contributed by atoms with E-state index in [2.05, 4.69) is 12.2 Å². The highest BCUT2D eigenvalue weighted by Crippen LogP contribution is 2.29. The summed E-state index contributed by atoms with van der Waals surface area (Å²) in [5.74, 6) is -0.109. The maximum Gasteiger partial charge on any atom is 0.279 e. The quantitative estimate of drug-likeness (QED) is 0.871. The number of hydrogen-bond acceptors (Lipinski definition) is 1. The number of carbonyl (C=O) groups is 1. The fraction of sp³-hybridized carbons (Fsp3) is 0.188. The summed E-state index contributed by atoms with van der Waals surface area (Å²) in [7, 11) is 0. The second-order valence-corrected chi connectivity index (χ2v) is 5.57. The third-order valence-electron chi connectivity index (χ3n) is 3.21. The van der Waals surface area contributed by atoms with Crippen LogP contribution in [0.25, 0.3) is 0 Å². The number of quaternary nitrogens is 1. The molecule has 0 radical (unpaired) electrons. The molecule has 2 aromatic rings. The van der Waals surface area contributed by atoms with E-state index in [-0.39, 0.29) is 11.9 Å². The Bertz CT molecular complexity index is 617. The molecule has 0 fully saturated rings. The minimum absolute atomic E-state index is 0.109. The lowest BCUT2D eigenvalue weighted by molar-refractivity contribution is -0.682. The summed E-state index contributed by atoms with van der Waals surface area (Å²) in [6, 6.07) is 15.4. The van der Waals surface area contributed by atoms with Gasteiger partial charge in [0.25, 0.3) is 5.91 Å². The number of benzene rings is 2. The van der Waals surface area contributed by atoms with Crippen LogP contribution in [0.1, 0.15) is 18.5 Å². The van der Waals surface area contributed by atoms with Crippen molar-refractivity contribution in [1.29, 1.82) is 0 Å². The van der Waals surface area contributed by atoms with Crippen LogP contribution >= 0.6 is 23.2 Å². The maximum absolute atomic E-state index is 12.0. The SMILES string of the molecule is C[C@H]([NH2+]CC(=O)Nc1cccc(Cl)c1Cl)c1ccccc1. The van der Waals surface area contributed by atoms with Gasteiger partial charge in [0.2, 0.25) is 0 Å². The number of nitrogens with one attached hydrogen (secondary N) is 1. The lowest BCUT2D eigenvalue weighted by Gasteiger charge is -2.12. The van der Waals surface area contributed by atoms with Gasteiger partial charge in [-0.25, -0.2) is 0 Å². The van der Waals surface area contributed by atoms with Crippen molar-refractivity contribution in [1.82, 2.24) is 0 Å². The molecule has 5 heteroatoms. The monoisotopic (exact) mass is 323 g/mol. The normalized spacial score (nSPS) is 12.0. The summed E-state index contributed by atoms with van der Waals surface area (Å²) < 4.78 is 0. The highest BCUT2D eigenvalue weighted by Gasteiger charge is 2.13. The van der Waals surface area contributed by atoms with Crippen LogP contribution in [-0.4, -0.2) is 12.5 Å². The summed E-state index contributed by atoms with van der Waals surface area (Å²) in [5.41, 5.74) is 1.72. The number of halogens is 2. The van der Waals surface area contributed by atoms with Crippen molar-refractivity contribution in [3.05, 3.63) is 64.1 Å². The maximum atomic E-state index is 12.0. The van der Waals surface area contributed by atoms with Gasteiger partial charge >= 0.3 is 0 Å². The average Bonchev–Trinajstić information content (AvgIpc) is 2.50. The van der Waals surface area contributed by atoms with E-state index in [0.717, 1.165) is 0 Å². The molecular weight excluding hydrogens is 307 g/mol. The van der Waals surface area contributed by atoms with Crippen molar-refractivity contribution in [3.63, 3.8) is 0 Å². The van der Waals surface area contributed by atoms with E-state index < -0.39 is 0 Å². The van der Waals surface area contributed by atoms with E-state index in [0.29, 0.717) is 22.3 Å². The first kappa shape index (κ1) is 15.8. The predicted molar refractivity (Wildman–Crippen MR) is 86.7 cm³/mol. The number of rotatable bonds is 5. The zero-order chi connectivity index (χ0) is 15.2. The van der Waals surface area contributed by atoms with E-state index in [1.165, 1.54) is 5.56 Å². The summed E-state index contributed by atoms with van der Waals surface area (Å²) in [5, 5.41) is 5.54. The lowest BCUT2D eigenvalue weighted by Crippen LogP contribution is -2.86. The molecule has 0 aliphatic carbocycles. The molecule has 110 valence electrons. The van der Waals surface area contributed by atoms with Gasteiger partial charge < -0.3 is 10.6 Å². The van der Waals surface area contributed by atoms with Crippen LogP contribution in [-0.2, 0) is 4.79 Å². The Morgan fingerprint density at radius 2 is 1.86 bits per heavy atom. The number of nitrogens with two attached hydrogens (primary N) is 1. The fourth-order valence-electron chi connectivity index (χ4n) is 1.98. The molecular formula is C16H17Cl2N2O+. The molecule has 1 atom stereocenters. The van der Waals surface area contributed by atoms with Gasteiger partial charge in [-0.3, -0.25) is 4.79 Å². The van der Waals surface area contributed by atoms with E-state index in [1.807, 2.05) is 35.6 Å². The molecule has 3 N–H and O–H groups in total. The van der Waals surface area contributed by atoms with Crippen LogP contribution in [0.2, 0.25) is 10.0 Å². The second-order valence-electron chi connectivity index (χ2n) is 4.79. The zero-order valence-corrected chi connectivity index (χ0v) is 13.2. The molecule has 0 aliphatic heterocycles. The highest BCUT2D eigenvalue weighted by atomic mass is 35.5. The molecule has 0 aliphatic rings. The van der Waals surface area contributed by atoms with Crippen molar-refractivity contribution in [3.8, 4) is 0 Å². The van der Waals surface area contributed by atoms with Crippen LogP contribution in [0.5, 0.6) is 0 Å². The smallest absolute Gasteiger partial charge is 0.279 e. The van der Waals surface area contributed by atoms with Crippen molar-refractivity contribution in [2.45, 2.75) is 13.0 Å². The van der Waals surface area contributed by atoms with E-state index in [1.54, 1.807) is 18.2 Å². The molecule has 0 bridgehead atoms. The van der Waals surface area contributed by atoms with Gasteiger partial charge in [0.15, 0.2) is 6.54 Å². The van der Waals surface area contributed by atoms with Gasteiger partial charge in [-0.1, -0.05) is 59.6 Å². The van der Waals surface area contributed by atoms with Gasteiger partial charge in [-0.05, 0) is 19.1 Å². The predicted octanol–water partition coefficient (Wildman–Crippen LogP) is 3.26. The summed E-state index contributed by atoms with van der Waals surface area (Å²) in [6.45, 7) is 2.38. The summed E-state index contributed by atoms with van der Waals surface area (Å²) >= 11 is 12.0. The van der Waals surface area contributed by atoms with Crippen LogP contribution in [0.15, 0.2) is 48.5 Å². The molecule has 0 saturated carbocycles. The zero-order valence-electron chi connectivity index (χ0n) is 11.6. The molecule has 0 heterocycles. The first-order valence-corrected chi connectivity index (χ1v) is 7.45. The fourth-order valence-corrected chi connectivity index (χ4v) is 2.33. The first-order chi connectivity index (χ1) is 10.1. The van der Waals surface area contributed by atoms with E-state index in [4.69, 9.17) is 23.2 Å². The third kappa shape index (κ3) is 4.46. The van der Waals surface area contributed by atoms with Crippen LogP contribution in [0.3, 0.4) is 0 Å². The largest absolute Gasteiger partial charge is 0.333 e. The van der Waals surface area contributed by atoms with Gasteiger partial charge in [-0.15, -0.1) is 0 Å². The molecule has 1 amide bonds. The Morgan fingerprint density at radius 3 is 2.57 bits per heavy atom. The molecule has 21 heavy (non-hydrogen) atoms. The summed E-state index contributed by atoms with van der Waals surface area (Å²) in [4.78, 5) is 12.0. The molecule has 0 saturated heterocycles. The topological polar surface area (TPSA) is 45.7 Å². The van der Waals surface area contributed by atoms with Gasteiger partial charge in [0.05, 0.1) is 15.7 Å². The highest BCUT2D eigenvalue weighted by molar-refractivity contribution is 6.43. The van der Waals surface area contributed by atoms with Crippen LogP contribution in [0, 0.1) is 0 Å². The Balaban J connectivity index is 1.89. The number of carbonyl (C=O) groups excluding carboxylic acids is 1. The lowest BCUT2D eigenvalue weighted by atomic mass is 10.1. The van der Waals surface area contributed by atoms with Crippen molar-refractivity contribution >= 4 is 34.8 Å². The second kappa shape index (κ2) is 7.46. The van der Waals surface area contributed by atoms with Crippen molar-refractivity contribution in [2.24, 2.45) is 0 Å². The van der Waals surface area contributed by atoms with E-state index >= 15 is 0 Å².